The van der Waals surface area contributed by atoms with E-state index in [1.54, 1.807) is 0 Å². The van der Waals surface area contributed by atoms with Crippen molar-refractivity contribution in [1.29, 1.82) is 0 Å². The number of nitrogen functional groups attached to an aromatic ring is 1. The zero-order valence-electron chi connectivity index (χ0n) is 10.2. The summed E-state index contributed by atoms with van der Waals surface area (Å²) in [6, 6.07) is 4.71. The van der Waals surface area contributed by atoms with Gasteiger partial charge in [0.2, 0.25) is 0 Å². The van der Waals surface area contributed by atoms with Gasteiger partial charge in [-0.25, -0.2) is 4.98 Å². The van der Waals surface area contributed by atoms with Crippen LogP contribution in [0, 0.1) is 0 Å². The molecule has 0 bridgehead atoms. The zero-order valence-corrected chi connectivity index (χ0v) is 10.2. The van der Waals surface area contributed by atoms with Crippen LogP contribution in [0.15, 0.2) is 18.3 Å². The zero-order chi connectivity index (χ0) is 11.7. The van der Waals surface area contributed by atoms with E-state index in [1.165, 1.54) is 38.0 Å². The SMILES string of the molecule is Nc1ccc(N2CCC(N3CCCC3)C2)cn1. The van der Waals surface area contributed by atoms with Crippen LogP contribution >= 0.6 is 0 Å². The largest absolute Gasteiger partial charge is 0.384 e. The normalized spacial score (nSPS) is 25.6. The molecule has 0 aromatic carbocycles. The van der Waals surface area contributed by atoms with Gasteiger partial charge in [-0.2, -0.15) is 0 Å². The van der Waals surface area contributed by atoms with Crippen molar-refractivity contribution in [3.8, 4) is 0 Å². The van der Waals surface area contributed by atoms with E-state index < -0.39 is 0 Å². The molecular formula is C13H20N4. The standard InChI is InChI=1S/C13H20N4/c14-13-4-3-11(9-15-13)17-8-5-12(10-17)16-6-1-2-7-16/h3-4,9,12H,1-2,5-8,10H2,(H2,14,15). The summed E-state index contributed by atoms with van der Waals surface area (Å²) in [4.78, 5) is 9.24. The monoisotopic (exact) mass is 232 g/mol. The molecule has 1 aromatic heterocycles. The van der Waals surface area contributed by atoms with Crippen molar-refractivity contribution in [2.45, 2.75) is 25.3 Å². The molecule has 2 fully saturated rings. The Labute approximate surface area is 102 Å². The number of hydrogen-bond donors (Lipinski definition) is 1. The van der Waals surface area contributed by atoms with Gasteiger partial charge in [0.1, 0.15) is 5.82 Å². The van der Waals surface area contributed by atoms with Gasteiger partial charge in [-0.15, -0.1) is 0 Å². The van der Waals surface area contributed by atoms with Crippen molar-refractivity contribution in [3.05, 3.63) is 18.3 Å². The van der Waals surface area contributed by atoms with E-state index in [9.17, 15) is 0 Å². The molecule has 0 radical (unpaired) electrons. The Morgan fingerprint density at radius 3 is 2.71 bits per heavy atom. The van der Waals surface area contributed by atoms with Crippen LogP contribution < -0.4 is 10.6 Å². The van der Waals surface area contributed by atoms with Gasteiger partial charge in [-0.05, 0) is 44.5 Å². The van der Waals surface area contributed by atoms with Crippen LogP contribution in [-0.2, 0) is 0 Å². The highest BCUT2D eigenvalue weighted by molar-refractivity contribution is 5.49. The van der Waals surface area contributed by atoms with Crippen molar-refractivity contribution in [1.82, 2.24) is 9.88 Å². The molecule has 92 valence electrons. The second kappa shape index (κ2) is 4.53. The third kappa shape index (κ3) is 2.22. The van der Waals surface area contributed by atoms with Gasteiger partial charge in [0.25, 0.3) is 0 Å². The number of hydrogen-bond acceptors (Lipinski definition) is 4. The molecule has 1 atom stereocenters. The number of pyridine rings is 1. The summed E-state index contributed by atoms with van der Waals surface area (Å²) in [5, 5.41) is 0. The van der Waals surface area contributed by atoms with E-state index >= 15 is 0 Å². The summed E-state index contributed by atoms with van der Waals surface area (Å²) >= 11 is 0. The molecule has 4 nitrogen and oxygen atoms in total. The molecule has 1 aromatic rings. The van der Waals surface area contributed by atoms with Crippen molar-refractivity contribution >= 4 is 11.5 Å². The first-order valence-electron chi connectivity index (χ1n) is 6.53. The Kier molecular flexibility index (Phi) is 2.89. The molecule has 3 heterocycles. The van der Waals surface area contributed by atoms with Crippen LogP contribution in [0.2, 0.25) is 0 Å². The summed E-state index contributed by atoms with van der Waals surface area (Å²) in [5.74, 6) is 0.601. The fraction of sp³-hybridized carbons (Fsp3) is 0.615. The quantitative estimate of drug-likeness (QED) is 0.836. The van der Waals surface area contributed by atoms with Crippen molar-refractivity contribution in [3.63, 3.8) is 0 Å². The molecule has 0 amide bonds. The number of nitrogens with two attached hydrogens (primary N) is 1. The molecule has 3 rings (SSSR count). The topological polar surface area (TPSA) is 45.4 Å². The average Bonchev–Trinajstić information content (AvgIpc) is 3.00. The lowest BCUT2D eigenvalue weighted by atomic mass is 10.2. The molecule has 2 aliphatic heterocycles. The fourth-order valence-electron chi connectivity index (χ4n) is 2.97. The molecule has 17 heavy (non-hydrogen) atoms. The maximum absolute atomic E-state index is 5.61. The minimum atomic E-state index is 0.601. The molecule has 2 saturated heterocycles. The summed E-state index contributed by atoms with van der Waals surface area (Å²) < 4.78 is 0. The Bertz CT molecular complexity index is 370. The maximum atomic E-state index is 5.61. The summed E-state index contributed by atoms with van der Waals surface area (Å²) in [6.07, 6.45) is 5.92. The molecule has 2 N–H and O–H groups in total. The predicted molar refractivity (Wildman–Crippen MR) is 70.1 cm³/mol. The summed E-state index contributed by atoms with van der Waals surface area (Å²) in [7, 11) is 0. The van der Waals surface area contributed by atoms with Gasteiger partial charge in [-0.3, -0.25) is 4.90 Å². The third-order valence-corrected chi connectivity index (χ3v) is 3.96. The Hall–Kier alpha value is -1.29. The molecule has 2 aliphatic rings. The highest BCUT2D eigenvalue weighted by Gasteiger charge is 2.29. The molecule has 0 aliphatic carbocycles. The third-order valence-electron chi connectivity index (χ3n) is 3.96. The number of aromatic nitrogens is 1. The van der Waals surface area contributed by atoms with E-state index in [4.69, 9.17) is 5.73 Å². The first kappa shape index (κ1) is 10.8. The van der Waals surface area contributed by atoms with Crippen molar-refractivity contribution in [2.24, 2.45) is 0 Å². The van der Waals surface area contributed by atoms with Gasteiger partial charge in [0, 0.05) is 19.1 Å². The minimum absolute atomic E-state index is 0.601. The maximum Gasteiger partial charge on any atom is 0.123 e. The number of likely N-dealkylation sites (tertiary alicyclic amines) is 1. The lowest BCUT2D eigenvalue weighted by Gasteiger charge is -2.24. The van der Waals surface area contributed by atoms with Gasteiger partial charge in [-0.1, -0.05) is 0 Å². The Balaban J connectivity index is 1.65. The van der Waals surface area contributed by atoms with E-state index in [0.717, 1.165) is 19.1 Å². The van der Waals surface area contributed by atoms with Crippen molar-refractivity contribution < 1.29 is 0 Å². The second-order valence-electron chi connectivity index (χ2n) is 5.07. The predicted octanol–water partition coefficient (Wildman–Crippen LogP) is 1.34. The average molecular weight is 232 g/mol. The molecule has 4 heteroatoms. The Morgan fingerprint density at radius 2 is 2.00 bits per heavy atom. The van der Waals surface area contributed by atoms with Crippen LogP contribution in [0.3, 0.4) is 0 Å². The number of anilines is 2. The first-order chi connectivity index (χ1) is 8.33. The van der Waals surface area contributed by atoms with Crippen LogP contribution in [0.4, 0.5) is 11.5 Å². The van der Waals surface area contributed by atoms with Crippen LogP contribution in [0.1, 0.15) is 19.3 Å². The van der Waals surface area contributed by atoms with Crippen molar-refractivity contribution in [2.75, 3.05) is 36.8 Å². The highest BCUT2D eigenvalue weighted by atomic mass is 15.3. The van der Waals surface area contributed by atoms with E-state index in [1.807, 2.05) is 12.3 Å². The fourth-order valence-corrected chi connectivity index (χ4v) is 2.97. The van der Waals surface area contributed by atoms with Gasteiger partial charge >= 0.3 is 0 Å². The number of rotatable bonds is 2. The van der Waals surface area contributed by atoms with Crippen LogP contribution in [0.5, 0.6) is 0 Å². The van der Waals surface area contributed by atoms with Gasteiger partial charge in [0.15, 0.2) is 0 Å². The molecule has 1 unspecified atom stereocenters. The van der Waals surface area contributed by atoms with Gasteiger partial charge in [0.05, 0.1) is 11.9 Å². The first-order valence-corrected chi connectivity index (χ1v) is 6.53. The van der Waals surface area contributed by atoms with E-state index in [2.05, 4.69) is 20.9 Å². The highest BCUT2D eigenvalue weighted by Crippen LogP contribution is 2.24. The molecule has 0 spiro atoms. The smallest absolute Gasteiger partial charge is 0.123 e. The van der Waals surface area contributed by atoms with Crippen LogP contribution in [0.25, 0.3) is 0 Å². The summed E-state index contributed by atoms with van der Waals surface area (Å²) in [6.45, 7) is 4.87. The second-order valence-corrected chi connectivity index (χ2v) is 5.07. The minimum Gasteiger partial charge on any atom is -0.384 e. The lowest BCUT2D eigenvalue weighted by Crippen LogP contribution is -2.35. The van der Waals surface area contributed by atoms with Crippen LogP contribution in [-0.4, -0.2) is 42.1 Å². The lowest BCUT2D eigenvalue weighted by molar-refractivity contribution is 0.260. The van der Waals surface area contributed by atoms with E-state index in [-0.39, 0.29) is 0 Å². The Morgan fingerprint density at radius 1 is 1.18 bits per heavy atom. The molecular weight excluding hydrogens is 212 g/mol. The van der Waals surface area contributed by atoms with Gasteiger partial charge < -0.3 is 10.6 Å². The number of nitrogens with zero attached hydrogens (tertiary/aromatic N) is 3. The summed E-state index contributed by atoms with van der Waals surface area (Å²) in [5.41, 5.74) is 6.82. The molecule has 0 saturated carbocycles. The van der Waals surface area contributed by atoms with E-state index in [0.29, 0.717) is 5.82 Å².